The van der Waals surface area contributed by atoms with E-state index in [4.69, 9.17) is 19.7 Å². The van der Waals surface area contributed by atoms with Crippen LogP contribution in [0.3, 0.4) is 0 Å². The zero-order chi connectivity index (χ0) is 20.1. The number of hydrogen-bond donors (Lipinski definition) is 2. The fourth-order valence-electron chi connectivity index (χ4n) is 2.97. The molecule has 28 heavy (non-hydrogen) atoms. The third kappa shape index (κ3) is 4.11. The van der Waals surface area contributed by atoms with E-state index in [9.17, 15) is 4.79 Å². The van der Waals surface area contributed by atoms with Gasteiger partial charge in [0.05, 0.1) is 39.5 Å². The van der Waals surface area contributed by atoms with Crippen LogP contribution >= 0.6 is 11.3 Å². The lowest BCUT2D eigenvalue weighted by molar-refractivity contribution is -0.131. The molecule has 8 nitrogen and oxygen atoms in total. The molecule has 0 aliphatic heterocycles. The van der Waals surface area contributed by atoms with Gasteiger partial charge in [-0.15, -0.1) is 11.3 Å². The number of carbonyl (C=O) groups is 1. The van der Waals surface area contributed by atoms with Gasteiger partial charge in [0, 0.05) is 35.9 Å². The molecule has 1 amide bonds. The Balaban J connectivity index is 1.91. The quantitative estimate of drug-likeness (QED) is 0.559. The van der Waals surface area contributed by atoms with Crippen LogP contribution in [-0.2, 0) is 11.2 Å². The van der Waals surface area contributed by atoms with Gasteiger partial charge in [0.1, 0.15) is 11.5 Å². The minimum Gasteiger partial charge on any atom is -0.497 e. The first-order valence-corrected chi connectivity index (χ1v) is 9.66. The maximum absolute atomic E-state index is 12.5. The lowest BCUT2D eigenvalue weighted by atomic mass is 10.1. The van der Waals surface area contributed by atoms with Crippen LogP contribution in [0.4, 0.5) is 0 Å². The summed E-state index contributed by atoms with van der Waals surface area (Å²) in [6.07, 6.45) is 2.03. The number of hydrogen-bond acceptors (Lipinski definition) is 7. The van der Waals surface area contributed by atoms with Crippen LogP contribution < -0.4 is 9.47 Å². The van der Waals surface area contributed by atoms with Gasteiger partial charge in [0.15, 0.2) is 4.96 Å². The predicted octanol–water partition coefficient (Wildman–Crippen LogP) is 1.44. The van der Waals surface area contributed by atoms with Crippen LogP contribution in [0.5, 0.6) is 11.5 Å². The number of amides is 1. The van der Waals surface area contributed by atoms with Crippen LogP contribution in [-0.4, -0.2) is 70.9 Å². The Morgan fingerprint density at radius 1 is 1.21 bits per heavy atom. The standard InChI is InChI=1S/C19H23N3O5S/c1-26-14-3-4-17(27-2)15(10-14)16-11-22-13(12-28-19(22)20-16)9-18(25)21(5-7-23)6-8-24/h3-4,10-12,23-24H,5-9H2,1-2H3. The van der Waals surface area contributed by atoms with E-state index in [1.54, 1.807) is 14.2 Å². The second-order valence-corrected chi connectivity index (χ2v) is 6.91. The summed E-state index contributed by atoms with van der Waals surface area (Å²) in [5.41, 5.74) is 2.32. The molecule has 3 aromatic rings. The molecular formula is C19H23N3O5S. The highest BCUT2D eigenvalue weighted by Crippen LogP contribution is 2.34. The number of fused-ring (bicyclic) bond motifs is 1. The number of aliphatic hydroxyl groups excluding tert-OH is 2. The highest BCUT2D eigenvalue weighted by molar-refractivity contribution is 7.15. The maximum atomic E-state index is 12.5. The third-order valence-electron chi connectivity index (χ3n) is 4.39. The van der Waals surface area contributed by atoms with Gasteiger partial charge in [-0.2, -0.15) is 0 Å². The van der Waals surface area contributed by atoms with E-state index >= 15 is 0 Å². The Morgan fingerprint density at radius 2 is 1.96 bits per heavy atom. The summed E-state index contributed by atoms with van der Waals surface area (Å²) in [5.74, 6) is 1.23. The van der Waals surface area contributed by atoms with Gasteiger partial charge >= 0.3 is 0 Å². The van der Waals surface area contributed by atoms with Gasteiger partial charge in [-0.25, -0.2) is 4.98 Å². The largest absolute Gasteiger partial charge is 0.497 e. The van der Waals surface area contributed by atoms with Crippen LogP contribution in [0.1, 0.15) is 5.69 Å². The van der Waals surface area contributed by atoms with E-state index in [0.29, 0.717) is 11.5 Å². The molecule has 0 radical (unpaired) electrons. The average Bonchev–Trinajstić information content (AvgIpc) is 3.29. The van der Waals surface area contributed by atoms with E-state index in [1.165, 1.54) is 16.2 Å². The lowest BCUT2D eigenvalue weighted by Gasteiger charge is -2.20. The lowest BCUT2D eigenvalue weighted by Crippen LogP contribution is -2.37. The van der Waals surface area contributed by atoms with Gasteiger partial charge in [-0.05, 0) is 18.2 Å². The number of thiazole rings is 1. The molecule has 0 saturated heterocycles. The van der Waals surface area contributed by atoms with Crippen molar-refractivity contribution in [2.45, 2.75) is 6.42 Å². The first-order chi connectivity index (χ1) is 13.6. The summed E-state index contributed by atoms with van der Waals surface area (Å²) >= 11 is 1.44. The van der Waals surface area contributed by atoms with Crippen molar-refractivity contribution in [3.8, 4) is 22.8 Å². The zero-order valence-electron chi connectivity index (χ0n) is 15.8. The molecule has 9 heteroatoms. The van der Waals surface area contributed by atoms with Gasteiger partial charge < -0.3 is 24.6 Å². The number of aliphatic hydroxyl groups is 2. The average molecular weight is 405 g/mol. The van der Waals surface area contributed by atoms with Crippen molar-refractivity contribution in [1.82, 2.24) is 14.3 Å². The first kappa shape index (κ1) is 20.1. The van der Waals surface area contributed by atoms with Gasteiger partial charge in [-0.3, -0.25) is 9.20 Å². The first-order valence-electron chi connectivity index (χ1n) is 8.78. The normalized spacial score (nSPS) is 11.0. The molecule has 0 aliphatic carbocycles. The summed E-state index contributed by atoms with van der Waals surface area (Å²) in [6, 6.07) is 5.51. The summed E-state index contributed by atoms with van der Waals surface area (Å²) in [5, 5.41) is 20.1. The number of methoxy groups -OCH3 is 2. The molecule has 0 saturated carbocycles. The molecule has 0 bridgehead atoms. The molecule has 0 aliphatic rings. The molecule has 2 N–H and O–H groups in total. The predicted molar refractivity (Wildman–Crippen MR) is 106 cm³/mol. The molecule has 0 fully saturated rings. The molecular weight excluding hydrogens is 382 g/mol. The molecule has 1 aromatic carbocycles. The van der Waals surface area contributed by atoms with Gasteiger partial charge in [0.2, 0.25) is 5.91 Å². The van der Waals surface area contributed by atoms with Crippen molar-refractivity contribution < 1.29 is 24.5 Å². The van der Waals surface area contributed by atoms with E-state index in [1.807, 2.05) is 34.2 Å². The Kier molecular flexibility index (Phi) is 6.50. The summed E-state index contributed by atoms with van der Waals surface area (Å²) in [6.45, 7) is 0.108. The topological polar surface area (TPSA) is 96.5 Å². The van der Waals surface area contributed by atoms with Crippen LogP contribution in [0.2, 0.25) is 0 Å². The van der Waals surface area contributed by atoms with Crippen molar-refractivity contribution >= 4 is 22.2 Å². The summed E-state index contributed by atoms with van der Waals surface area (Å²) in [4.78, 5) is 19.4. The number of rotatable bonds is 9. The molecule has 0 spiro atoms. The summed E-state index contributed by atoms with van der Waals surface area (Å²) in [7, 11) is 3.20. The smallest absolute Gasteiger partial charge is 0.228 e. The maximum Gasteiger partial charge on any atom is 0.228 e. The zero-order valence-corrected chi connectivity index (χ0v) is 16.6. The van der Waals surface area contributed by atoms with Crippen molar-refractivity contribution in [3.05, 3.63) is 35.5 Å². The number of carbonyl (C=O) groups excluding carboxylic acids is 1. The van der Waals surface area contributed by atoms with Crippen molar-refractivity contribution in [2.75, 3.05) is 40.5 Å². The highest BCUT2D eigenvalue weighted by Gasteiger charge is 2.18. The summed E-state index contributed by atoms with van der Waals surface area (Å²) < 4.78 is 12.6. The second kappa shape index (κ2) is 9.05. The Bertz CT molecular complexity index is 946. The Morgan fingerprint density at radius 3 is 2.61 bits per heavy atom. The van der Waals surface area contributed by atoms with Crippen molar-refractivity contribution in [1.29, 1.82) is 0 Å². The van der Waals surface area contributed by atoms with Crippen molar-refractivity contribution in [3.63, 3.8) is 0 Å². The number of imidazole rings is 1. The minimum atomic E-state index is -0.156. The van der Waals surface area contributed by atoms with Gasteiger partial charge in [-0.1, -0.05) is 0 Å². The molecule has 3 rings (SSSR count). The van der Waals surface area contributed by atoms with E-state index in [-0.39, 0.29) is 38.6 Å². The fraction of sp³-hybridized carbons (Fsp3) is 0.368. The molecule has 0 atom stereocenters. The second-order valence-electron chi connectivity index (χ2n) is 6.08. The van der Waals surface area contributed by atoms with Crippen LogP contribution in [0.15, 0.2) is 29.8 Å². The molecule has 2 heterocycles. The molecule has 150 valence electrons. The SMILES string of the molecule is COc1ccc(OC)c(-c2cn3c(CC(=O)N(CCO)CCO)csc3n2)c1. The van der Waals surface area contributed by atoms with E-state index < -0.39 is 0 Å². The third-order valence-corrected chi connectivity index (χ3v) is 5.28. The molecule has 0 unspecified atom stereocenters. The monoisotopic (exact) mass is 405 g/mol. The van der Waals surface area contributed by atoms with Gasteiger partial charge in [0.25, 0.3) is 0 Å². The van der Waals surface area contributed by atoms with Crippen molar-refractivity contribution in [2.24, 2.45) is 0 Å². The van der Waals surface area contributed by atoms with E-state index in [0.717, 1.165) is 21.9 Å². The van der Waals surface area contributed by atoms with E-state index in [2.05, 4.69) is 4.98 Å². The fourth-order valence-corrected chi connectivity index (χ4v) is 3.84. The number of aromatic nitrogens is 2. The number of nitrogens with zero attached hydrogens (tertiary/aromatic N) is 3. The highest BCUT2D eigenvalue weighted by atomic mass is 32.1. The Labute approximate surface area is 166 Å². The number of benzene rings is 1. The minimum absolute atomic E-state index is 0.143. The van der Waals surface area contributed by atoms with Crippen LogP contribution in [0, 0.1) is 0 Å². The van der Waals surface area contributed by atoms with Crippen LogP contribution in [0.25, 0.3) is 16.2 Å². The Hall–Kier alpha value is -2.62. The molecule has 2 aromatic heterocycles. The number of ether oxygens (including phenoxy) is 2.